The van der Waals surface area contributed by atoms with Crippen molar-refractivity contribution in [1.82, 2.24) is 0 Å². The van der Waals surface area contributed by atoms with Gasteiger partial charge in [-0.25, -0.2) is 0 Å². The predicted molar refractivity (Wildman–Crippen MR) is 91.4 cm³/mol. The summed E-state index contributed by atoms with van der Waals surface area (Å²) in [5, 5.41) is 3.45. The summed E-state index contributed by atoms with van der Waals surface area (Å²) in [5.74, 6) is 0.759. The van der Waals surface area contributed by atoms with Gasteiger partial charge in [0.25, 0.3) is 5.91 Å². The van der Waals surface area contributed by atoms with Gasteiger partial charge in [-0.2, -0.15) is 0 Å². The first kappa shape index (κ1) is 16.6. The third kappa shape index (κ3) is 3.36. The first-order valence-electron chi connectivity index (χ1n) is 6.46. The van der Waals surface area contributed by atoms with Crippen LogP contribution < -0.4 is 14.8 Å². The van der Waals surface area contributed by atoms with Gasteiger partial charge in [0.1, 0.15) is 0 Å². The summed E-state index contributed by atoms with van der Waals surface area (Å²) < 4.78 is 11.1. The van der Waals surface area contributed by atoms with E-state index >= 15 is 0 Å². The molecule has 0 aliphatic heterocycles. The number of ether oxygens (including phenoxy) is 2. The lowest BCUT2D eigenvalue weighted by molar-refractivity contribution is 0.102. The number of amides is 1. The zero-order valence-electron chi connectivity index (χ0n) is 12.4. The normalized spacial score (nSPS) is 10.2. The van der Waals surface area contributed by atoms with Gasteiger partial charge in [0, 0.05) is 16.3 Å². The Morgan fingerprint density at radius 3 is 2.59 bits per heavy atom. The van der Waals surface area contributed by atoms with Crippen LogP contribution in [0.25, 0.3) is 0 Å². The Morgan fingerprint density at radius 1 is 1.23 bits per heavy atom. The summed E-state index contributed by atoms with van der Waals surface area (Å²) in [7, 11) is 3.06. The molecular formula is C16H15BrClNO3. The fraction of sp³-hybridized carbons (Fsp3) is 0.188. The zero-order valence-corrected chi connectivity index (χ0v) is 14.7. The first-order chi connectivity index (χ1) is 10.5. The van der Waals surface area contributed by atoms with Crippen molar-refractivity contribution < 1.29 is 14.3 Å². The Labute approximate surface area is 142 Å². The van der Waals surface area contributed by atoms with E-state index in [4.69, 9.17) is 21.1 Å². The van der Waals surface area contributed by atoms with Crippen LogP contribution in [0.3, 0.4) is 0 Å². The van der Waals surface area contributed by atoms with Crippen molar-refractivity contribution in [3.63, 3.8) is 0 Å². The smallest absolute Gasteiger partial charge is 0.255 e. The molecule has 0 fully saturated rings. The highest BCUT2D eigenvalue weighted by Gasteiger charge is 2.16. The molecule has 4 nitrogen and oxygen atoms in total. The fourth-order valence-electron chi connectivity index (χ4n) is 1.99. The molecule has 1 amide bonds. The van der Waals surface area contributed by atoms with E-state index in [1.165, 1.54) is 14.2 Å². The summed E-state index contributed by atoms with van der Waals surface area (Å²) in [6.07, 6.45) is 0. The van der Waals surface area contributed by atoms with Gasteiger partial charge in [0.15, 0.2) is 11.5 Å². The van der Waals surface area contributed by atoms with E-state index in [0.717, 1.165) is 5.56 Å². The van der Waals surface area contributed by atoms with Crippen LogP contribution in [0.4, 0.5) is 5.69 Å². The van der Waals surface area contributed by atoms with Gasteiger partial charge in [0.2, 0.25) is 0 Å². The number of anilines is 1. The van der Waals surface area contributed by atoms with Crippen molar-refractivity contribution in [2.24, 2.45) is 0 Å². The summed E-state index contributed by atoms with van der Waals surface area (Å²) in [4.78, 5) is 12.4. The Morgan fingerprint density at radius 2 is 1.95 bits per heavy atom. The maximum atomic E-state index is 12.4. The lowest BCUT2D eigenvalue weighted by Crippen LogP contribution is -2.13. The third-order valence-electron chi connectivity index (χ3n) is 3.21. The van der Waals surface area contributed by atoms with E-state index in [1.54, 1.807) is 30.3 Å². The second-order valence-electron chi connectivity index (χ2n) is 4.56. The molecule has 0 aliphatic carbocycles. The minimum atomic E-state index is -0.257. The minimum absolute atomic E-state index is 0.257. The van der Waals surface area contributed by atoms with Crippen molar-refractivity contribution in [3.05, 3.63) is 51.0 Å². The van der Waals surface area contributed by atoms with Crippen molar-refractivity contribution in [2.75, 3.05) is 19.5 Å². The molecule has 6 heteroatoms. The topological polar surface area (TPSA) is 47.6 Å². The summed E-state index contributed by atoms with van der Waals surface area (Å²) in [6.45, 7) is 1.85. The van der Waals surface area contributed by atoms with Crippen LogP contribution >= 0.6 is 27.5 Å². The lowest BCUT2D eigenvalue weighted by Gasteiger charge is -2.13. The lowest BCUT2D eigenvalue weighted by atomic mass is 10.1. The van der Waals surface area contributed by atoms with Gasteiger partial charge in [-0.15, -0.1) is 0 Å². The molecule has 0 aliphatic rings. The molecule has 22 heavy (non-hydrogen) atoms. The molecule has 0 unspecified atom stereocenters. The molecule has 0 atom stereocenters. The molecule has 2 rings (SSSR count). The molecular weight excluding hydrogens is 370 g/mol. The number of carbonyl (C=O) groups excluding carboxylic acids is 1. The van der Waals surface area contributed by atoms with E-state index in [1.807, 2.05) is 6.92 Å². The zero-order chi connectivity index (χ0) is 16.3. The van der Waals surface area contributed by atoms with Gasteiger partial charge in [0.05, 0.1) is 18.7 Å². The van der Waals surface area contributed by atoms with Gasteiger partial charge in [-0.1, -0.05) is 17.7 Å². The highest BCUT2D eigenvalue weighted by molar-refractivity contribution is 9.10. The molecule has 0 saturated heterocycles. The van der Waals surface area contributed by atoms with E-state index in [2.05, 4.69) is 21.2 Å². The number of hydrogen-bond donors (Lipinski definition) is 1. The summed E-state index contributed by atoms with van der Waals surface area (Å²) in [6, 6.07) is 8.67. The van der Waals surface area contributed by atoms with E-state index < -0.39 is 0 Å². The second-order valence-corrected chi connectivity index (χ2v) is 5.82. The van der Waals surface area contributed by atoms with Crippen molar-refractivity contribution >= 4 is 39.1 Å². The quantitative estimate of drug-likeness (QED) is 0.832. The Bertz CT molecular complexity index is 719. The average molecular weight is 385 g/mol. The van der Waals surface area contributed by atoms with E-state index in [0.29, 0.717) is 32.2 Å². The third-order valence-corrected chi connectivity index (χ3v) is 4.21. The average Bonchev–Trinajstić information content (AvgIpc) is 2.50. The standard InChI is InChI=1S/C16H15BrClNO3/c1-9-12(18)5-4-6-13(9)19-16(20)10-7-11(17)15(22-3)14(8-10)21-2/h4-8H,1-3H3,(H,19,20). The van der Waals surface area contributed by atoms with Crippen molar-refractivity contribution in [2.45, 2.75) is 6.92 Å². The molecule has 2 aromatic rings. The summed E-state index contributed by atoms with van der Waals surface area (Å²) >= 11 is 9.43. The fourth-order valence-corrected chi connectivity index (χ4v) is 2.76. The second kappa shape index (κ2) is 7.03. The number of rotatable bonds is 4. The van der Waals surface area contributed by atoms with E-state index in [-0.39, 0.29) is 5.91 Å². The molecule has 116 valence electrons. The Kier molecular flexibility index (Phi) is 5.32. The maximum absolute atomic E-state index is 12.4. The highest BCUT2D eigenvalue weighted by atomic mass is 79.9. The molecule has 0 bridgehead atoms. The van der Waals surface area contributed by atoms with Gasteiger partial charge in [-0.3, -0.25) is 4.79 Å². The van der Waals surface area contributed by atoms with Crippen molar-refractivity contribution in [3.8, 4) is 11.5 Å². The molecule has 0 spiro atoms. The van der Waals surface area contributed by atoms with E-state index in [9.17, 15) is 4.79 Å². The Hall–Kier alpha value is -1.72. The largest absolute Gasteiger partial charge is 0.493 e. The number of methoxy groups -OCH3 is 2. The minimum Gasteiger partial charge on any atom is -0.493 e. The predicted octanol–water partition coefficient (Wildman–Crippen LogP) is 4.68. The van der Waals surface area contributed by atoms with Crippen LogP contribution in [-0.4, -0.2) is 20.1 Å². The Balaban J connectivity index is 2.34. The molecule has 0 aromatic heterocycles. The number of halogens is 2. The van der Waals surface area contributed by atoms with Crippen LogP contribution in [0.15, 0.2) is 34.8 Å². The van der Waals surface area contributed by atoms with Crippen LogP contribution in [-0.2, 0) is 0 Å². The molecule has 0 saturated carbocycles. The molecule has 2 aromatic carbocycles. The SMILES string of the molecule is COc1cc(C(=O)Nc2cccc(Cl)c2C)cc(Br)c1OC. The molecule has 0 heterocycles. The first-order valence-corrected chi connectivity index (χ1v) is 7.63. The number of hydrogen-bond acceptors (Lipinski definition) is 3. The highest BCUT2D eigenvalue weighted by Crippen LogP contribution is 2.36. The van der Waals surface area contributed by atoms with Crippen LogP contribution in [0.5, 0.6) is 11.5 Å². The molecule has 1 N–H and O–H groups in total. The van der Waals surface area contributed by atoms with Crippen LogP contribution in [0, 0.1) is 6.92 Å². The maximum Gasteiger partial charge on any atom is 0.255 e. The number of benzene rings is 2. The van der Waals surface area contributed by atoms with Crippen molar-refractivity contribution in [1.29, 1.82) is 0 Å². The van der Waals surface area contributed by atoms with Crippen LogP contribution in [0.1, 0.15) is 15.9 Å². The van der Waals surface area contributed by atoms with Gasteiger partial charge >= 0.3 is 0 Å². The number of nitrogens with one attached hydrogen (secondary N) is 1. The van der Waals surface area contributed by atoms with Gasteiger partial charge in [-0.05, 0) is 52.7 Å². The molecule has 0 radical (unpaired) electrons. The summed E-state index contributed by atoms with van der Waals surface area (Å²) in [5.41, 5.74) is 1.93. The monoisotopic (exact) mass is 383 g/mol. The number of carbonyl (C=O) groups is 1. The van der Waals surface area contributed by atoms with Crippen LogP contribution in [0.2, 0.25) is 5.02 Å². The van der Waals surface area contributed by atoms with Gasteiger partial charge < -0.3 is 14.8 Å².